The predicted octanol–water partition coefficient (Wildman–Crippen LogP) is 4.15. The number of allylic oxidation sites excluding steroid dienone is 1. The summed E-state index contributed by atoms with van der Waals surface area (Å²) >= 11 is 1.71. The van der Waals surface area contributed by atoms with E-state index in [2.05, 4.69) is 34.8 Å². The number of hydrogen-bond donors (Lipinski definition) is 0. The first-order chi connectivity index (χ1) is 7.31. The molecule has 2 aromatic rings. The van der Waals surface area contributed by atoms with Gasteiger partial charge in [-0.05, 0) is 53.9 Å². The first-order valence-electron chi connectivity index (χ1n) is 4.93. The number of aryl methyl sites for hydroxylation is 1. The molecule has 0 amide bonds. The third-order valence-corrected chi connectivity index (χ3v) is 2.98. The molecular formula is C13H13NS. The number of pyridine rings is 1. The average Bonchev–Trinajstić information content (AvgIpc) is 2.74. The van der Waals surface area contributed by atoms with Crippen LogP contribution in [-0.4, -0.2) is 4.98 Å². The second-order valence-electron chi connectivity index (χ2n) is 3.44. The maximum Gasteiger partial charge on any atom is 0.0655 e. The van der Waals surface area contributed by atoms with E-state index in [1.165, 1.54) is 16.7 Å². The maximum atomic E-state index is 4.44. The summed E-state index contributed by atoms with van der Waals surface area (Å²) in [7, 11) is 0. The highest BCUT2D eigenvalue weighted by Gasteiger charge is 2.01. The van der Waals surface area contributed by atoms with Crippen molar-refractivity contribution in [3.8, 4) is 11.1 Å². The van der Waals surface area contributed by atoms with Gasteiger partial charge >= 0.3 is 0 Å². The molecule has 0 bridgehead atoms. The van der Waals surface area contributed by atoms with Crippen LogP contribution in [0.15, 0.2) is 35.2 Å². The Balaban J connectivity index is 2.42. The number of aromatic nitrogens is 1. The van der Waals surface area contributed by atoms with Crippen LogP contribution < -0.4 is 0 Å². The summed E-state index contributed by atoms with van der Waals surface area (Å²) in [4.78, 5) is 4.44. The smallest absolute Gasteiger partial charge is 0.0655 e. The van der Waals surface area contributed by atoms with E-state index in [1.54, 1.807) is 11.3 Å². The Morgan fingerprint density at radius 1 is 1.33 bits per heavy atom. The maximum absolute atomic E-state index is 4.44. The lowest BCUT2D eigenvalue weighted by molar-refractivity contribution is 1.24. The van der Waals surface area contributed by atoms with E-state index in [-0.39, 0.29) is 0 Å². The summed E-state index contributed by atoms with van der Waals surface area (Å²) in [5, 5.41) is 4.23. The van der Waals surface area contributed by atoms with Crippen LogP contribution in [0.1, 0.15) is 18.2 Å². The van der Waals surface area contributed by atoms with Gasteiger partial charge in [0.25, 0.3) is 0 Å². The summed E-state index contributed by atoms with van der Waals surface area (Å²) in [5.74, 6) is 0. The van der Waals surface area contributed by atoms with Gasteiger partial charge in [-0.1, -0.05) is 6.08 Å². The lowest BCUT2D eigenvalue weighted by Crippen LogP contribution is -1.87. The summed E-state index contributed by atoms with van der Waals surface area (Å²) in [5.41, 5.74) is 4.72. The molecule has 0 unspecified atom stereocenters. The zero-order valence-corrected chi connectivity index (χ0v) is 9.71. The van der Waals surface area contributed by atoms with E-state index < -0.39 is 0 Å². The molecule has 2 heterocycles. The highest BCUT2D eigenvalue weighted by Crippen LogP contribution is 2.23. The zero-order chi connectivity index (χ0) is 10.7. The predicted molar refractivity (Wildman–Crippen MR) is 67.0 cm³/mol. The number of thiophene rings is 1. The van der Waals surface area contributed by atoms with E-state index in [0.717, 1.165) is 5.69 Å². The minimum absolute atomic E-state index is 1.05. The number of hydrogen-bond acceptors (Lipinski definition) is 2. The minimum atomic E-state index is 1.05. The molecule has 1 nitrogen and oxygen atoms in total. The molecule has 0 spiro atoms. The molecule has 0 aliphatic carbocycles. The van der Waals surface area contributed by atoms with E-state index >= 15 is 0 Å². The molecule has 15 heavy (non-hydrogen) atoms. The Morgan fingerprint density at radius 3 is 2.80 bits per heavy atom. The van der Waals surface area contributed by atoms with Crippen molar-refractivity contribution >= 4 is 17.4 Å². The van der Waals surface area contributed by atoms with Crippen LogP contribution in [0.2, 0.25) is 0 Å². The van der Waals surface area contributed by atoms with Crippen molar-refractivity contribution in [3.05, 3.63) is 46.4 Å². The molecule has 0 atom stereocenters. The van der Waals surface area contributed by atoms with Crippen molar-refractivity contribution in [1.29, 1.82) is 0 Å². The second kappa shape index (κ2) is 4.41. The Labute approximate surface area is 94.1 Å². The number of rotatable bonds is 2. The molecule has 2 heteroatoms. The van der Waals surface area contributed by atoms with E-state index in [9.17, 15) is 0 Å². The minimum Gasteiger partial charge on any atom is -0.256 e. The Kier molecular flexibility index (Phi) is 2.97. The topological polar surface area (TPSA) is 12.9 Å². The van der Waals surface area contributed by atoms with Crippen molar-refractivity contribution in [3.63, 3.8) is 0 Å². The molecule has 0 fully saturated rings. The first-order valence-corrected chi connectivity index (χ1v) is 5.87. The van der Waals surface area contributed by atoms with Crippen LogP contribution in [0.4, 0.5) is 0 Å². The van der Waals surface area contributed by atoms with Crippen LogP contribution >= 0.6 is 11.3 Å². The lowest BCUT2D eigenvalue weighted by Gasteiger charge is -2.02. The summed E-state index contributed by atoms with van der Waals surface area (Å²) < 4.78 is 0. The van der Waals surface area contributed by atoms with Crippen LogP contribution in [0.5, 0.6) is 0 Å². The fourth-order valence-corrected chi connectivity index (χ4v) is 2.17. The van der Waals surface area contributed by atoms with Crippen molar-refractivity contribution in [2.75, 3.05) is 0 Å². The summed E-state index contributed by atoms with van der Waals surface area (Å²) in [6, 6.07) is 4.31. The van der Waals surface area contributed by atoms with E-state index in [0.29, 0.717) is 0 Å². The van der Waals surface area contributed by atoms with Gasteiger partial charge in [0.1, 0.15) is 0 Å². The van der Waals surface area contributed by atoms with Gasteiger partial charge in [-0.25, -0.2) is 0 Å². The zero-order valence-electron chi connectivity index (χ0n) is 8.90. The monoisotopic (exact) mass is 215 g/mol. The Bertz CT molecular complexity index is 469. The van der Waals surface area contributed by atoms with Gasteiger partial charge in [0.15, 0.2) is 0 Å². The highest BCUT2D eigenvalue weighted by atomic mass is 32.1. The molecule has 0 aliphatic heterocycles. The lowest BCUT2D eigenvalue weighted by atomic mass is 10.1. The molecule has 0 aliphatic rings. The van der Waals surface area contributed by atoms with Crippen LogP contribution in [0.3, 0.4) is 0 Å². The molecule has 76 valence electrons. The van der Waals surface area contributed by atoms with Gasteiger partial charge < -0.3 is 0 Å². The highest BCUT2D eigenvalue weighted by molar-refractivity contribution is 7.08. The van der Waals surface area contributed by atoms with Crippen LogP contribution in [0, 0.1) is 6.92 Å². The Morgan fingerprint density at radius 2 is 2.20 bits per heavy atom. The summed E-state index contributed by atoms with van der Waals surface area (Å²) in [6.45, 7) is 4.10. The second-order valence-corrected chi connectivity index (χ2v) is 4.22. The molecule has 0 aromatic carbocycles. The van der Waals surface area contributed by atoms with Gasteiger partial charge in [0.05, 0.1) is 5.69 Å². The van der Waals surface area contributed by atoms with Gasteiger partial charge in [-0.3, -0.25) is 4.98 Å². The first kappa shape index (κ1) is 10.1. The van der Waals surface area contributed by atoms with Crippen molar-refractivity contribution in [2.45, 2.75) is 13.8 Å². The van der Waals surface area contributed by atoms with Crippen molar-refractivity contribution in [1.82, 2.24) is 4.98 Å². The fraction of sp³-hybridized carbons (Fsp3) is 0.154. The summed E-state index contributed by atoms with van der Waals surface area (Å²) in [6.07, 6.45) is 5.98. The SMILES string of the molecule is C/C=C\c1ncc(-c2ccsc2)cc1C. The quantitative estimate of drug-likeness (QED) is 0.733. The third kappa shape index (κ3) is 2.16. The van der Waals surface area contributed by atoms with E-state index in [4.69, 9.17) is 0 Å². The normalized spacial score (nSPS) is 11.1. The van der Waals surface area contributed by atoms with Gasteiger partial charge in [-0.2, -0.15) is 11.3 Å². The largest absolute Gasteiger partial charge is 0.256 e. The molecular weight excluding hydrogens is 202 g/mol. The molecule has 0 N–H and O–H groups in total. The fourth-order valence-electron chi connectivity index (χ4n) is 1.50. The van der Waals surface area contributed by atoms with Gasteiger partial charge in [0.2, 0.25) is 0 Å². The molecule has 0 saturated carbocycles. The van der Waals surface area contributed by atoms with Crippen molar-refractivity contribution in [2.24, 2.45) is 0 Å². The van der Waals surface area contributed by atoms with Gasteiger partial charge in [-0.15, -0.1) is 0 Å². The average molecular weight is 215 g/mol. The molecule has 0 radical (unpaired) electrons. The molecule has 2 rings (SSSR count). The van der Waals surface area contributed by atoms with E-state index in [1.807, 2.05) is 25.3 Å². The third-order valence-electron chi connectivity index (χ3n) is 2.30. The Hall–Kier alpha value is -1.41. The van der Waals surface area contributed by atoms with Crippen LogP contribution in [-0.2, 0) is 0 Å². The van der Waals surface area contributed by atoms with Gasteiger partial charge in [0, 0.05) is 11.8 Å². The standard InChI is InChI=1S/C13H13NS/c1-3-4-13-10(2)7-12(8-14-13)11-5-6-15-9-11/h3-9H,1-2H3/b4-3-. The van der Waals surface area contributed by atoms with Crippen molar-refractivity contribution < 1.29 is 0 Å². The molecule has 0 saturated heterocycles. The number of nitrogens with zero attached hydrogens (tertiary/aromatic N) is 1. The van der Waals surface area contributed by atoms with Crippen LogP contribution in [0.25, 0.3) is 17.2 Å². The molecule has 2 aromatic heterocycles.